The highest BCUT2D eigenvalue weighted by atomic mass is 16.5. The molecule has 0 spiro atoms. The fraction of sp³-hybridized carbons (Fsp3) is 0.214. The van der Waals surface area contributed by atoms with Gasteiger partial charge in [0.2, 0.25) is 0 Å². The Balaban J connectivity index is 1.16. The molecule has 0 atom stereocenters. The van der Waals surface area contributed by atoms with E-state index in [-0.39, 0.29) is 12.5 Å². The van der Waals surface area contributed by atoms with Crippen molar-refractivity contribution in [3.8, 4) is 5.75 Å². The molecule has 1 fully saturated rings. The number of para-hydroxylation sites is 2. The molecule has 0 aliphatic carbocycles. The van der Waals surface area contributed by atoms with Crippen LogP contribution in [0.4, 0.5) is 0 Å². The van der Waals surface area contributed by atoms with Crippen LogP contribution in [-0.4, -0.2) is 51.3 Å². The van der Waals surface area contributed by atoms with Crippen molar-refractivity contribution in [2.24, 2.45) is 0 Å². The standard InChI is InChI=1S/C28H26N4O3/c33-28(31-16-14-30(15-17-31)18-21-19-32-13-7-6-12-26(32)29-21)27-24(20-34-22-8-2-1-3-9-22)23-10-4-5-11-25(23)35-27/h1-13,19H,14-18,20H2. The number of ether oxygens (including phenoxy) is 1. The second-order valence-corrected chi connectivity index (χ2v) is 8.77. The van der Waals surface area contributed by atoms with E-state index in [1.165, 1.54) is 0 Å². The Labute approximate surface area is 203 Å². The Morgan fingerprint density at radius 1 is 0.914 bits per heavy atom. The maximum atomic E-state index is 13.5. The third kappa shape index (κ3) is 4.38. The lowest BCUT2D eigenvalue weighted by Gasteiger charge is -2.34. The van der Waals surface area contributed by atoms with Gasteiger partial charge in [-0.25, -0.2) is 4.98 Å². The van der Waals surface area contributed by atoms with Crippen molar-refractivity contribution in [2.45, 2.75) is 13.2 Å². The first-order valence-electron chi connectivity index (χ1n) is 11.9. The lowest BCUT2D eigenvalue weighted by Crippen LogP contribution is -2.48. The number of nitrogens with zero attached hydrogens (tertiary/aromatic N) is 4. The number of rotatable bonds is 6. The van der Waals surface area contributed by atoms with Crippen LogP contribution in [0.5, 0.6) is 5.75 Å². The number of aromatic nitrogens is 2. The second kappa shape index (κ2) is 9.27. The average molecular weight is 467 g/mol. The smallest absolute Gasteiger partial charge is 0.290 e. The fourth-order valence-corrected chi connectivity index (χ4v) is 4.63. The maximum absolute atomic E-state index is 13.5. The van der Waals surface area contributed by atoms with Gasteiger partial charge in [-0.2, -0.15) is 0 Å². The van der Waals surface area contributed by atoms with Crippen molar-refractivity contribution in [2.75, 3.05) is 26.2 Å². The average Bonchev–Trinajstić information content (AvgIpc) is 3.49. The van der Waals surface area contributed by atoms with Crippen molar-refractivity contribution in [3.63, 3.8) is 0 Å². The molecule has 3 aromatic heterocycles. The number of imidazole rings is 1. The molecule has 4 heterocycles. The number of carbonyl (C=O) groups excluding carboxylic acids is 1. The van der Waals surface area contributed by atoms with Gasteiger partial charge in [0.1, 0.15) is 23.6 Å². The van der Waals surface area contributed by atoms with Crippen molar-refractivity contribution < 1.29 is 13.9 Å². The van der Waals surface area contributed by atoms with E-state index in [4.69, 9.17) is 14.1 Å². The first kappa shape index (κ1) is 21.4. The van der Waals surface area contributed by atoms with Crippen LogP contribution < -0.4 is 4.74 Å². The van der Waals surface area contributed by atoms with E-state index in [0.717, 1.165) is 47.7 Å². The minimum Gasteiger partial charge on any atom is -0.489 e. The Kier molecular flexibility index (Phi) is 5.68. The molecule has 0 unspecified atom stereocenters. The van der Waals surface area contributed by atoms with Gasteiger partial charge in [0, 0.05) is 56.1 Å². The third-order valence-electron chi connectivity index (χ3n) is 6.48. The molecule has 1 aliphatic heterocycles. The number of benzene rings is 2. The van der Waals surface area contributed by atoms with Gasteiger partial charge < -0.3 is 18.5 Å². The number of fused-ring (bicyclic) bond motifs is 2. The van der Waals surface area contributed by atoms with Gasteiger partial charge in [0.25, 0.3) is 5.91 Å². The highest BCUT2D eigenvalue weighted by Crippen LogP contribution is 2.28. The van der Waals surface area contributed by atoms with Crippen molar-refractivity contribution in [1.82, 2.24) is 19.2 Å². The normalized spacial score (nSPS) is 14.6. The largest absolute Gasteiger partial charge is 0.489 e. The first-order chi connectivity index (χ1) is 17.2. The summed E-state index contributed by atoms with van der Waals surface area (Å²) in [7, 11) is 0. The second-order valence-electron chi connectivity index (χ2n) is 8.77. The maximum Gasteiger partial charge on any atom is 0.290 e. The van der Waals surface area contributed by atoms with E-state index in [1.54, 1.807) is 0 Å². The zero-order valence-electron chi connectivity index (χ0n) is 19.3. The lowest BCUT2D eigenvalue weighted by atomic mass is 10.1. The van der Waals surface area contributed by atoms with Crippen LogP contribution in [0.15, 0.2) is 89.6 Å². The van der Waals surface area contributed by atoms with Gasteiger partial charge >= 0.3 is 0 Å². The molecule has 2 aromatic carbocycles. The molecular weight excluding hydrogens is 440 g/mol. The number of hydrogen-bond acceptors (Lipinski definition) is 5. The third-order valence-corrected chi connectivity index (χ3v) is 6.48. The van der Waals surface area contributed by atoms with Crippen molar-refractivity contribution in [3.05, 3.63) is 102 Å². The minimum atomic E-state index is -0.0831. The van der Waals surface area contributed by atoms with Gasteiger partial charge in [0.05, 0.1) is 5.69 Å². The molecule has 7 heteroatoms. The molecule has 1 aliphatic rings. The predicted molar refractivity (Wildman–Crippen MR) is 133 cm³/mol. The molecule has 0 bridgehead atoms. The minimum absolute atomic E-state index is 0.0831. The Hall–Kier alpha value is -4.10. The zero-order chi connectivity index (χ0) is 23.6. The van der Waals surface area contributed by atoms with Crippen LogP contribution in [0.25, 0.3) is 16.6 Å². The Morgan fingerprint density at radius 2 is 1.69 bits per heavy atom. The zero-order valence-corrected chi connectivity index (χ0v) is 19.3. The highest BCUT2D eigenvalue weighted by Gasteiger charge is 2.28. The highest BCUT2D eigenvalue weighted by molar-refractivity contribution is 5.99. The molecule has 0 N–H and O–H groups in total. The number of hydrogen-bond donors (Lipinski definition) is 0. The molecule has 176 valence electrons. The summed E-state index contributed by atoms with van der Waals surface area (Å²) in [6, 6.07) is 23.4. The molecule has 0 radical (unpaired) electrons. The molecule has 35 heavy (non-hydrogen) atoms. The van der Waals surface area contributed by atoms with Crippen LogP contribution in [0.3, 0.4) is 0 Å². The van der Waals surface area contributed by atoms with E-state index in [2.05, 4.69) is 11.1 Å². The number of furan rings is 1. The molecule has 7 nitrogen and oxygen atoms in total. The van der Waals surface area contributed by atoms with Crippen molar-refractivity contribution >= 4 is 22.5 Å². The van der Waals surface area contributed by atoms with Gasteiger partial charge in [0.15, 0.2) is 5.76 Å². The summed E-state index contributed by atoms with van der Waals surface area (Å²) < 4.78 is 14.1. The topological polar surface area (TPSA) is 63.2 Å². The Morgan fingerprint density at radius 3 is 2.51 bits per heavy atom. The van der Waals surface area contributed by atoms with Crippen LogP contribution in [0, 0.1) is 0 Å². The SMILES string of the molecule is O=C(c1oc2ccccc2c1COc1ccccc1)N1CCN(Cc2cn3ccccc3n2)CC1. The lowest BCUT2D eigenvalue weighted by molar-refractivity contribution is 0.0595. The quantitative estimate of drug-likeness (QED) is 0.366. The van der Waals surface area contributed by atoms with Gasteiger partial charge in [-0.05, 0) is 30.3 Å². The first-order valence-corrected chi connectivity index (χ1v) is 11.9. The molecular formula is C28H26N4O3. The molecule has 1 amide bonds. The van der Waals surface area contributed by atoms with Crippen LogP contribution >= 0.6 is 0 Å². The number of piperazine rings is 1. The molecule has 5 aromatic rings. The number of amides is 1. The van der Waals surface area contributed by atoms with Crippen LogP contribution in [0.1, 0.15) is 21.8 Å². The van der Waals surface area contributed by atoms with E-state index >= 15 is 0 Å². The summed E-state index contributed by atoms with van der Waals surface area (Å²) in [5, 5.41) is 0.914. The number of carbonyl (C=O) groups is 1. The van der Waals surface area contributed by atoms with Crippen molar-refractivity contribution in [1.29, 1.82) is 0 Å². The van der Waals surface area contributed by atoms with E-state index in [9.17, 15) is 4.79 Å². The summed E-state index contributed by atoms with van der Waals surface area (Å²) in [4.78, 5) is 22.4. The van der Waals surface area contributed by atoms with Gasteiger partial charge in [-0.3, -0.25) is 9.69 Å². The predicted octanol–water partition coefficient (Wildman–Crippen LogP) is 4.62. The van der Waals surface area contributed by atoms with E-state index < -0.39 is 0 Å². The van der Waals surface area contributed by atoms with Gasteiger partial charge in [-0.1, -0.05) is 42.5 Å². The summed E-state index contributed by atoms with van der Waals surface area (Å²) in [5.41, 5.74) is 3.48. The summed E-state index contributed by atoms with van der Waals surface area (Å²) >= 11 is 0. The molecule has 0 saturated carbocycles. The molecule has 1 saturated heterocycles. The molecule has 6 rings (SSSR count). The Bertz CT molecular complexity index is 1430. The summed E-state index contributed by atoms with van der Waals surface area (Å²) in [5.74, 6) is 1.05. The van der Waals surface area contributed by atoms with Gasteiger partial charge in [-0.15, -0.1) is 0 Å². The van der Waals surface area contributed by atoms with Crippen LogP contribution in [0.2, 0.25) is 0 Å². The van der Waals surface area contributed by atoms with Crippen LogP contribution in [-0.2, 0) is 13.2 Å². The van der Waals surface area contributed by atoms with E-state index in [0.29, 0.717) is 24.4 Å². The number of pyridine rings is 1. The fourth-order valence-electron chi connectivity index (χ4n) is 4.63. The summed E-state index contributed by atoms with van der Waals surface area (Å²) in [6.45, 7) is 3.90. The summed E-state index contributed by atoms with van der Waals surface area (Å²) in [6.07, 6.45) is 4.08. The van der Waals surface area contributed by atoms with E-state index in [1.807, 2.05) is 88.3 Å². The monoisotopic (exact) mass is 466 g/mol.